The molecule has 31 heavy (non-hydrogen) atoms. The molecule has 1 aromatic heterocycles. The zero-order valence-electron chi connectivity index (χ0n) is 16.8. The third-order valence-corrected chi connectivity index (χ3v) is 5.17. The van der Waals surface area contributed by atoms with Crippen LogP contribution in [0.5, 0.6) is 0 Å². The van der Waals surface area contributed by atoms with Gasteiger partial charge in [-0.15, -0.1) is 0 Å². The number of amides is 2. The van der Waals surface area contributed by atoms with E-state index < -0.39 is 6.03 Å². The summed E-state index contributed by atoms with van der Waals surface area (Å²) in [5.41, 5.74) is 0.925. The summed E-state index contributed by atoms with van der Waals surface area (Å²) < 4.78 is 5.13. The highest BCUT2D eigenvalue weighted by atomic mass is 35.5. The summed E-state index contributed by atoms with van der Waals surface area (Å²) in [5.74, 6) is 0.727. The van der Waals surface area contributed by atoms with Crippen LogP contribution in [0, 0.1) is 0 Å². The van der Waals surface area contributed by atoms with Crippen LogP contribution in [0.15, 0.2) is 54.7 Å². The fraction of sp³-hybridized carbons (Fsp3) is 0.190. The van der Waals surface area contributed by atoms with Crippen molar-refractivity contribution < 1.29 is 9.53 Å². The van der Waals surface area contributed by atoms with E-state index in [0.717, 1.165) is 0 Å². The van der Waals surface area contributed by atoms with Gasteiger partial charge in [-0.2, -0.15) is 4.98 Å². The van der Waals surface area contributed by atoms with E-state index in [9.17, 15) is 4.79 Å². The number of para-hydroxylation sites is 1. The van der Waals surface area contributed by atoms with Crippen LogP contribution in [0.2, 0.25) is 15.1 Å². The van der Waals surface area contributed by atoms with Crippen LogP contribution in [0.3, 0.4) is 0 Å². The molecule has 1 atom stereocenters. The predicted octanol–water partition coefficient (Wildman–Crippen LogP) is 6.25. The first-order valence-electron chi connectivity index (χ1n) is 9.28. The Morgan fingerprint density at radius 3 is 2.52 bits per heavy atom. The lowest BCUT2D eigenvalue weighted by Crippen LogP contribution is -2.32. The highest BCUT2D eigenvalue weighted by Gasteiger charge is 2.21. The van der Waals surface area contributed by atoms with E-state index in [1.807, 2.05) is 25.1 Å². The van der Waals surface area contributed by atoms with Gasteiger partial charge in [-0.05, 0) is 31.2 Å². The molecule has 0 radical (unpaired) electrons. The number of nitrogens with zero attached hydrogens (tertiary/aromatic N) is 3. The maximum atomic E-state index is 13.3. The second kappa shape index (κ2) is 10.6. The number of methoxy groups -OCH3 is 1. The fourth-order valence-corrected chi connectivity index (χ4v) is 3.37. The van der Waals surface area contributed by atoms with Crippen molar-refractivity contribution in [3.8, 4) is 0 Å². The van der Waals surface area contributed by atoms with Crippen LogP contribution < -0.4 is 15.5 Å². The van der Waals surface area contributed by atoms with E-state index in [1.165, 1.54) is 17.0 Å². The fourth-order valence-electron chi connectivity index (χ4n) is 2.78. The maximum absolute atomic E-state index is 13.3. The summed E-state index contributed by atoms with van der Waals surface area (Å²) >= 11 is 18.3. The van der Waals surface area contributed by atoms with Crippen molar-refractivity contribution >= 4 is 64.0 Å². The molecule has 1 heterocycles. The zero-order chi connectivity index (χ0) is 22.4. The minimum absolute atomic E-state index is 0.0192. The lowest BCUT2D eigenvalue weighted by Gasteiger charge is -2.23. The number of benzene rings is 2. The molecule has 0 saturated heterocycles. The van der Waals surface area contributed by atoms with Crippen LogP contribution >= 0.6 is 34.8 Å². The Bertz CT molecular complexity index is 1050. The topological polar surface area (TPSA) is 79.4 Å². The molecule has 0 aliphatic rings. The van der Waals surface area contributed by atoms with Gasteiger partial charge >= 0.3 is 6.03 Å². The molecule has 3 aromatic rings. The molecule has 162 valence electrons. The second-order valence-electron chi connectivity index (χ2n) is 6.59. The van der Waals surface area contributed by atoms with E-state index in [2.05, 4.69) is 20.6 Å². The maximum Gasteiger partial charge on any atom is 0.332 e. The molecule has 10 heteroatoms. The number of rotatable bonds is 7. The number of ether oxygens (including phenoxy) is 1. The summed E-state index contributed by atoms with van der Waals surface area (Å²) in [4.78, 5) is 23.4. The molecule has 1 unspecified atom stereocenters. The minimum atomic E-state index is -0.485. The lowest BCUT2D eigenvalue weighted by atomic mass is 10.3. The molecule has 0 saturated carbocycles. The van der Waals surface area contributed by atoms with Gasteiger partial charge in [0.2, 0.25) is 5.95 Å². The van der Waals surface area contributed by atoms with Crippen LogP contribution in [0.4, 0.5) is 27.9 Å². The Kier molecular flexibility index (Phi) is 7.92. The van der Waals surface area contributed by atoms with Gasteiger partial charge < -0.3 is 15.4 Å². The first-order chi connectivity index (χ1) is 14.9. The van der Waals surface area contributed by atoms with E-state index >= 15 is 0 Å². The van der Waals surface area contributed by atoms with Crippen molar-refractivity contribution in [1.29, 1.82) is 0 Å². The van der Waals surface area contributed by atoms with E-state index in [0.29, 0.717) is 34.8 Å². The van der Waals surface area contributed by atoms with E-state index in [4.69, 9.17) is 39.5 Å². The number of hydrogen-bond acceptors (Lipinski definition) is 5. The van der Waals surface area contributed by atoms with E-state index in [-0.39, 0.29) is 16.1 Å². The van der Waals surface area contributed by atoms with Gasteiger partial charge in [0.05, 0.1) is 33.0 Å². The summed E-state index contributed by atoms with van der Waals surface area (Å²) in [5, 5.41) is 6.73. The van der Waals surface area contributed by atoms with Gasteiger partial charge in [-0.25, -0.2) is 14.7 Å². The van der Waals surface area contributed by atoms with Gasteiger partial charge in [0.1, 0.15) is 5.82 Å². The second-order valence-corrected chi connectivity index (χ2v) is 7.81. The average molecular weight is 481 g/mol. The third-order valence-electron chi connectivity index (χ3n) is 4.13. The summed E-state index contributed by atoms with van der Waals surface area (Å²) in [6, 6.07) is 13.2. The van der Waals surface area contributed by atoms with Crippen molar-refractivity contribution in [3.05, 3.63) is 69.8 Å². The van der Waals surface area contributed by atoms with Crippen LogP contribution in [-0.4, -0.2) is 35.8 Å². The smallest absolute Gasteiger partial charge is 0.332 e. The molecule has 2 aromatic carbocycles. The Hall–Kier alpha value is -2.58. The molecule has 3 rings (SSSR count). The Labute approximate surface area is 195 Å². The molecular weight excluding hydrogens is 461 g/mol. The normalized spacial score (nSPS) is 11.6. The quantitative estimate of drug-likeness (QED) is 0.391. The highest BCUT2D eigenvalue weighted by Crippen LogP contribution is 2.33. The number of nitrogens with one attached hydrogen (secondary N) is 2. The summed E-state index contributed by atoms with van der Waals surface area (Å²) in [7, 11) is 1.62. The number of carbonyl (C=O) groups is 1. The van der Waals surface area contributed by atoms with Crippen molar-refractivity contribution in [1.82, 2.24) is 9.97 Å². The molecular formula is C21H20Cl3N5O2. The van der Waals surface area contributed by atoms with Gasteiger partial charge in [0, 0.05) is 25.4 Å². The van der Waals surface area contributed by atoms with Gasteiger partial charge in [0.25, 0.3) is 0 Å². The predicted molar refractivity (Wildman–Crippen MR) is 126 cm³/mol. The minimum Gasteiger partial charge on any atom is -0.383 e. The van der Waals surface area contributed by atoms with Gasteiger partial charge in [-0.3, -0.25) is 0 Å². The standard InChI is InChI=1S/C21H20Cl3N5O2/c1-13(12-31-2)26-20-25-9-8-19(28-20)29(14-6-4-3-5-7-14)21(30)27-18-11-16(23)15(22)10-17(18)24/h3-11,13H,12H2,1-2H3,(H,27,30)(H,25,26,28). The van der Waals surface area contributed by atoms with Crippen LogP contribution in [0.1, 0.15) is 6.92 Å². The number of hydrogen-bond donors (Lipinski definition) is 2. The average Bonchev–Trinajstić information content (AvgIpc) is 2.73. The molecule has 0 spiro atoms. The van der Waals surface area contributed by atoms with Crippen molar-refractivity contribution in [2.75, 3.05) is 29.3 Å². The molecule has 2 N–H and O–H groups in total. The Balaban J connectivity index is 1.95. The Morgan fingerprint density at radius 1 is 1.10 bits per heavy atom. The molecule has 0 aliphatic carbocycles. The van der Waals surface area contributed by atoms with E-state index in [1.54, 1.807) is 31.5 Å². The number of aromatic nitrogens is 2. The number of carbonyl (C=O) groups excluding carboxylic acids is 1. The molecule has 7 nitrogen and oxygen atoms in total. The van der Waals surface area contributed by atoms with Crippen molar-refractivity contribution in [2.24, 2.45) is 0 Å². The summed E-state index contributed by atoms with van der Waals surface area (Å²) in [6.07, 6.45) is 1.57. The highest BCUT2D eigenvalue weighted by molar-refractivity contribution is 6.44. The van der Waals surface area contributed by atoms with Crippen LogP contribution in [-0.2, 0) is 4.74 Å². The lowest BCUT2D eigenvalue weighted by molar-refractivity contribution is 0.190. The van der Waals surface area contributed by atoms with Crippen LogP contribution in [0.25, 0.3) is 0 Å². The molecule has 2 amide bonds. The van der Waals surface area contributed by atoms with Crippen molar-refractivity contribution in [2.45, 2.75) is 13.0 Å². The van der Waals surface area contributed by atoms with Gasteiger partial charge in [0.15, 0.2) is 0 Å². The first-order valence-corrected chi connectivity index (χ1v) is 10.4. The van der Waals surface area contributed by atoms with Crippen molar-refractivity contribution in [3.63, 3.8) is 0 Å². The number of halogens is 3. The first kappa shape index (κ1) is 23.1. The Morgan fingerprint density at radius 2 is 1.81 bits per heavy atom. The zero-order valence-corrected chi connectivity index (χ0v) is 19.0. The molecule has 0 bridgehead atoms. The number of anilines is 4. The van der Waals surface area contributed by atoms with Gasteiger partial charge in [-0.1, -0.05) is 53.0 Å². The number of urea groups is 1. The molecule has 0 fully saturated rings. The molecule has 0 aliphatic heterocycles. The SMILES string of the molecule is COCC(C)Nc1nccc(N(C(=O)Nc2cc(Cl)c(Cl)cc2Cl)c2ccccc2)n1. The summed E-state index contributed by atoms with van der Waals surface area (Å²) in [6.45, 7) is 2.42. The largest absolute Gasteiger partial charge is 0.383 e. The monoisotopic (exact) mass is 479 g/mol. The third kappa shape index (κ3) is 5.98.